The summed E-state index contributed by atoms with van der Waals surface area (Å²) in [6, 6.07) is 9.43. The van der Waals surface area contributed by atoms with Crippen LogP contribution in [0.4, 0.5) is 5.69 Å². The number of benzene rings is 1. The Balaban J connectivity index is 2.03. The van der Waals surface area contributed by atoms with E-state index in [0.29, 0.717) is 17.4 Å². The minimum atomic E-state index is -0.334. The Morgan fingerprint density at radius 1 is 1.26 bits per heavy atom. The molecule has 174 valence electrons. The van der Waals surface area contributed by atoms with Crippen molar-refractivity contribution in [2.45, 2.75) is 79.3 Å². The highest BCUT2D eigenvalue weighted by atomic mass is 16.1. The van der Waals surface area contributed by atoms with Crippen molar-refractivity contribution in [3.8, 4) is 0 Å². The maximum Gasteiger partial charge on any atom is 0.136 e. The summed E-state index contributed by atoms with van der Waals surface area (Å²) in [5.41, 5.74) is 10.3. The fourth-order valence-electron chi connectivity index (χ4n) is 4.39. The lowest BCUT2D eigenvalue weighted by Gasteiger charge is -2.31. The Hall–Kier alpha value is -1.65. The van der Waals surface area contributed by atoms with Crippen LogP contribution in [0.3, 0.4) is 0 Å². The summed E-state index contributed by atoms with van der Waals surface area (Å²) in [6.07, 6.45) is 7.49. The molecule has 0 radical (unpaired) electrons. The minimum Gasteiger partial charge on any atom is -0.363 e. The number of anilines is 1. The van der Waals surface area contributed by atoms with Gasteiger partial charge < -0.3 is 20.3 Å². The molecule has 3 unspecified atom stereocenters. The summed E-state index contributed by atoms with van der Waals surface area (Å²) in [5.74, 6) is 0.437. The Morgan fingerprint density at radius 3 is 2.52 bits per heavy atom. The number of nitrogens with zero attached hydrogens (tertiary/aromatic N) is 2. The average molecular weight is 428 g/mol. The number of aryl methyl sites for hydroxylation is 1. The van der Waals surface area contributed by atoms with Gasteiger partial charge in [0.05, 0.1) is 6.04 Å². The van der Waals surface area contributed by atoms with E-state index in [1.807, 2.05) is 0 Å². The standard InChI is InChI=1S/C27H45N3O/c1-21(2)12-16-30(25-9-7-23(8-10-25)11-14-27(4,5)6)26-13-15-29(19-26)18-22(3)17-24(28)20-31/h7-10,12,20,22,24,26H,11,13-19,28H2,1-6H3. The van der Waals surface area contributed by atoms with Gasteiger partial charge in [0.15, 0.2) is 0 Å². The first kappa shape index (κ1) is 25.6. The quantitative estimate of drug-likeness (QED) is 0.396. The lowest BCUT2D eigenvalue weighted by Crippen LogP contribution is -2.39. The number of likely N-dealkylation sites (tertiary alicyclic amines) is 1. The maximum absolute atomic E-state index is 10.9. The summed E-state index contributed by atoms with van der Waals surface area (Å²) in [4.78, 5) is 16.0. The monoisotopic (exact) mass is 427 g/mol. The number of carbonyl (C=O) groups is 1. The molecule has 2 N–H and O–H groups in total. The van der Waals surface area contributed by atoms with E-state index < -0.39 is 0 Å². The first-order valence-corrected chi connectivity index (χ1v) is 12.0. The third kappa shape index (κ3) is 9.16. The van der Waals surface area contributed by atoms with Gasteiger partial charge in [-0.2, -0.15) is 0 Å². The fourth-order valence-corrected chi connectivity index (χ4v) is 4.39. The number of hydrogen-bond acceptors (Lipinski definition) is 4. The zero-order chi connectivity index (χ0) is 23.0. The second-order valence-corrected chi connectivity index (χ2v) is 11.0. The predicted molar refractivity (Wildman–Crippen MR) is 134 cm³/mol. The van der Waals surface area contributed by atoms with Crippen molar-refractivity contribution in [2.75, 3.05) is 31.1 Å². The molecule has 4 nitrogen and oxygen atoms in total. The van der Waals surface area contributed by atoms with Crippen molar-refractivity contribution >= 4 is 12.0 Å². The number of aldehydes is 1. The molecule has 1 aliphatic heterocycles. The van der Waals surface area contributed by atoms with E-state index in [2.05, 4.69) is 81.7 Å². The summed E-state index contributed by atoms with van der Waals surface area (Å²) < 4.78 is 0. The molecule has 1 aliphatic rings. The molecule has 1 saturated heterocycles. The number of hydrogen-bond donors (Lipinski definition) is 1. The summed E-state index contributed by atoms with van der Waals surface area (Å²) in [7, 11) is 0. The van der Waals surface area contributed by atoms with Gasteiger partial charge in [-0.05, 0) is 68.6 Å². The smallest absolute Gasteiger partial charge is 0.136 e. The second kappa shape index (κ2) is 11.8. The van der Waals surface area contributed by atoms with Crippen molar-refractivity contribution < 1.29 is 4.79 Å². The van der Waals surface area contributed by atoms with Gasteiger partial charge in [0.2, 0.25) is 0 Å². The first-order chi connectivity index (χ1) is 14.6. The van der Waals surface area contributed by atoms with Crippen LogP contribution in [-0.4, -0.2) is 49.4 Å². The summed E-state index contributed by atoms with van der Waals surface area (Å²) >= 11 is 0. The van der Waals surface area contributed by atoms with Crippen molar-refractivity contribution in [3.05, 3.63) is 41.5 Å². The minimum absolute atomic E-state index is 0.334. The fraction of sp³-hybridized carbons (Fsp3) is 0.667. The van der Waals surface area contributed by atoms with E-state index in [1.54, 1.807) is 0 Å². The van der Waals surface area contributed by atoms with Gasteiger partial charge >= 0.3 is 0 Å². The molecule has 3 atom stereocenters. The lowest BCUT2D eigenvalue weighted by atomic mass is 9.89. The molecular formula is C27H45N3O. The van der Waals surface area contributed by atoms with Crippen molar-refractivity contribution in [3.63, 3.8) is 0 Å². The van der Waals surface area contributed by atoms with Gasteiger partial charge in [-0.3, -0.25) is 0 Å². The molecule has 1 aromatic carbocycles. The molecule has 1 fully saturated rings. The van der Waals surface area contributed by atoms with Crippen LogP contribution in [0, 0.1) is 11.3 Å². The number of rotatable bonds is 11. The van der Waals surface area contributed by atoms with Crippen LogP contribution in [-0.2, 0) is 11.2 Å². The zero-order valence-corrected chi connectivity index (χ0v) is 20.7. The molecule has 2 rings (SSSR count). The average Bonchev–Trinajstić information content (AvgIpc) is 3.14. The highest BCUT2D eigenvalue weighted by molar-refractivity contribution is 5.56. The largest absolute Gasteiger partial charge is 0.363 e. The van der Waals surface area contributed by atoms with Crippen molar-refractivity contribution in [2.24, 2.45) is 17.1 Å². The summed E-state index contributed by atoms with van der Waals surface area (Å²) in [5, 5.41) is 0. The topological polar surface area (TPSA) is 49.6 Å². The molecule has 1 heterocycles. The highest BCUT2D eigenvalue weighted by Crippen LogP contribution is 2.26. The van der Waals surface area contributed by atoms with Crippen LogP contribution in [0.1, 0.15) is 66.4 Å². The van der Waals surface area contributed by atoms with Crippen LogP contribution in [0.5, 0.6) is 0 Å². The van der Waals surface area contributed by atoms with E-state index >= 15 is 0 Å². The van der Waals surface area contributed by atoms with Crippen molar-refractivity contribution in [1.29, 1.82) is 0 Å². The normalized spacial score (nSPS) is 19.1. The van der Waals surface area contributed by atoms with Gasteiger partial charge in [-0.25, -0.2) is 0 Å². The maximum atomic E-state index is 10.9. The summed E-state index contributed by atoms with van der Waals surface area (Å²) in [6.45, 7) is 17.6. The van der Waals surface area contributed by atoms with Crippen LogP contribution in [0.2, 0.25) is 0 Å². The zero-order valence-electron chi connectivity index (χ0n) is 20.7. The Bertz CT molecular complexity index is 700. The molecule has 4 heteroatoms. The SMILES string of the molecule is CC(C)=CCN(c1ccc(CCC(C)(C)C)cc1)C1CCN(CC(C)CC(N)C=O)C1. The number of carbonyl (C=O) groups excluding carboxylic acids is 1. The Morgan fingerprint density at radius 2 is 1.94 bits per heavy atom. The van der Waals surface area contributed by atoms with E-state index in [4.69, 9.17) is 5.73 Å². The third-order valence-corrected chi connectivity index (χ3v) is 6.24. The van der Waals surface area contributed by atoms with Gasteiger partial charge in [0.25, 0.3) is 0 Å². The molecule has 0 aliphatic carbocycles. The van der Waals surface area contributed by atoms with E-state index in [1.165, 1.54) is 29.7 Å². The van der Waals surface area contributed by atoms with E-state index in [0.717, 1.165) is 45.3 Å². The Kier molecular flexibility index (Phi) is 9.77. The molecule has 31 heavy (non-hydrogen) atoms. The molecule has 0 spiro atoms. The molecule has 1 aromatic rings. The van der Waals surface area contributed by atoms with Gasteiger partial charge in [0, 0.05) is 37.9 Å². The lowest BCUT2D eigenvalue weighted by molar-refractivity contribution is -0.109. The van der Waals surface area contributed by atoms with Crippen LogP contribution >= 0.6 is 0 Å². The van der Waals surface area contributed by atoms with E-state index in [-0.39, 0.29) is 6.04 Å². The number of nitrogens with two attached hydrogens (primary N) is 1. The highest BCUT2D eigenvalue weighted by Gasteiger charge is 2.28. The first-order valence-electron chi connectivity index (χ1n) is 12.0. The van der Waals surface area contributed by atoms with Crippen molar-refractivity contribution in [1.82, 2.24) is 4.90 Å². The van der Waals surface area contributed by atoms with Gasteiger partial charge in [0.1, 0.15) is 6.29 Å². The second-order valence-electron chi connectivity index (χ2n) is 11.0. The van der Waals surface area contributed by atoms with Gasteiger partial charge in [-0.15, -0.1) is 0 Å². The molecule has 0 aromatic heterocycles. The third-order valence-electron chi connectivity index (χ3n) is 6.24. The number of allylic oxidation sites excluding steroid dienone is 1. The predicted octanol–water partition coefficient (Wildman–Crippen LogP) is 5.06. The molecule has 0 amide bonds. The van der Waals surface area contributed by atoms with Crippen LogP contribution in [0.25, 0.3) is 0 Å². The van der Waals surface area contributed by atoms with Gasteiger partial charge in [-0.1, -0.05) is 51.5 Å². The molecular weight excluding hydrogens is 382 g/mol. The molecule has 0 saturated carbocycles. The Labute approximate surface area is 190 Å². The van der Waals surface area contributed by atoms with Crippen LogP contribution in [0.15, 0.2) is 35.9 Å². The molecule has 0 bridgehead atoms. The van der Waals surface area contributed by atoms with E-state index in [9.17, 15) is 4.79 Å². The van der Waals surface area contributed by atoms with Crippen LogP contribution < -0.4 is 10.6 Å².